The molecule has 0 radical (unpaired) electrons. The van der Waals surface area contributed by atoms with Crippen molar-refractivity contribution in [3.63, 3.8) is 0 Å². The molecule has 0 aliphatic heterocycles. The highest BCUT2D eigenvalue weighted by molar-refractivity contribution is 7.90. The smallest absolute Gasteiger partial charge is 0.269 e. The van der Waals surface area contributed by atoms with Crippen LogP contribution < -0.4 is 15.5 Å². The van der Waals surface area contributed by atoms with Gasteiger partial charge in [0.15, 0.2) is 5.65 Å². The van der Waals surface area contributed by atoms with Gasteiger partial charge in [0.05, 0.1) is 27.5 Å². The molecule has 1 amide bonds. The Labute approximate surface area is 278 Å². The molecule has 0 fully saturated rings. The number of halogens is 1. The molecule has 6 aromatic rings. The summed E-state index contributed by atoms with van der Waals surface area (Å²) in [5, 5.41) is 6.91. The number of carbonyl (C=O) groups is 1. The van der Waals surface area contributed by atoms with Gasteiger partial charge >= 0.3 is 0 Å². The first-order valence-electron chi connectivity index (χ1n) is 15.3. The summed E-state index contributed by atoms with van der Waals surface area (Å²) >= 11 is 0. The molecule has 13 heteroatoms. The minimum Gasteiger partial charge on any atom is -0.372 e. The van der Waals surface area contributed by atoms with Crippen LogP contribution >= 0.6 is 0 Å². The maximum atomic E-state index is 15.4. The Morgan fingerprint density at radius 2 is 1.73 bits per heavy atom. The van der Waals surface area contributed by atoms with Crippen LogP contribution in [0.3, 0.4) is 0 Å². The van der Waals surface area contributed by atoms with Gasteiger partial charge in [-0.15, -0.1) is 0 Å². The summed E-state index contributed by atoms with van der Waals surface area (Å²) in [4.78, 5) is 25.9. The van der Waals surface area contributed by atoms with Gasteiger partial charge in [-0.2, -0.15) is 4.98 Å². The topological polar surface area (TPSA) is 117 Å². The van der Waals surface area contributed by atoms with E-state index in [2.05, 4.69) is 20.5 Å². The minimum absolute atomic E-state index is 0.0902. The van der Waals surface area contributed by atoms with E-state index in [9.17, 15) is 13.2 Å². The number of likely N-dealkylation sites (N-methyl/N-ethyl adjacent to an activating group) is 2. The van der Waals surface area contributed by atoms with E-state index in [0.29, 0.717) is 38.9 Å². The molecule has 0 spiro atoms. The predicted octanol–water partition coefficient (Wildman–Crippen LogP) is 5.97. The molecule has 3 aromatic heterocycles. The zero-order chi connectivity index (χ0) is 34.3. The fourth-order valence-electron chi connectivity index (χ4n) is 5.69. The highest BCUT2D eigenvalue weighted by Crippen LogP contribution is 2.37. The van der Waals surface area contributed by atoms with E-state index in [-0.39, 0.29) is 22.4 Å². The van der Waals surface area contributed by atoms with Crippen LogP contribution in [0.5, 0.6) is 0 Å². The van der Waals surface area contributed by atoms with E-state index >= 15 is 4.39 Å². The number of nitrogens with one attached hydrogen (secondary N) is 2. The third-order valence-electron chi connectivity index (χ3n) is 8.16. The first-order valence-corrected chi connectivity index (χ1v) is 16.8. The van der Waals surface area contributed by atoms with E-state index in [1.165, 1.54) is 19.2 Å². The van der Waals surface area contributed by atoms with Crippen molar-refractivity contribution in [2.45, 2.75) is 18.7 Å². The summed E-state index contributed by atoms with van der Waals surface area (Å²) in [5.74, 6) is -0.566. The number of rotatable bonds is 10. The summed E-state index contributed by atoms with van der Waals surface area (Å²) < 4.78 is 46.1. The Morgan fingerprint density at radius 3 is 2.44 bits per heavy atom. The third-order valence-corrected chi connectivity index (χ3v) is 9.85. The van der Waals surface area contributed by atoms with Crippen LogP contribution in [-0.4, -0.2) is 72.0 Å². The zero-order valence-corrected chi connectivity index (χ0v) is 28.4. The van der Waals surface area contributed by atoms with Gasteiger partial charge in [0.2, 0.25) is 11.9 Å². The predicted molar refractivity (Wildman–Crippen MR) is 189 cm³/mol. The Balaban J connectivity index is 1.52. The summed E-state index contributed by atoms with van der Waals surface area (Å²) in [6, 6.07) is 18.5. The van der Waals surface area contributed by atoms with E-state index in [1.807, 2.05) is 58.2 Å². The molecule has 3 heterocycles. The van der Waals surface area contributed by atoms with Crippen molar-refractivity contribution in [1.82, 2.24) is 23.4 Å². The van der Waals surface area contributed by atoms with E-state index in [0.717, 1.165) is 28.3 Å². The molecular formula is C35H37FN8O3S. The van der Waals surface area contributed by atoms with Gasteiger partial charge in [-0.3, -0.25) is 4.79 Å². The quantitative estimate of drug-likeness (QED) is 0.183. The van der Waals surface area contributed by atoms with Crippen molar-refractivity contribution in [3.05, 3.63) is 90.5 Å². The highest BCUT2D eigenvalue weighted by atomic mass is 32.2. The summed E-state index contributed by atoms with van der Waals surface area (Å²) in [6.45, 7) is 4.86. The average Bonchev–Trinajstić information content (AvgIpc) is 3.62. The second kappa shape index (κ2) is 12.7. The van der Waals surface area contributed by atoms with Crippen molar-refractivity contribution >= 4 is 60.9 Å². The van der Waals surface area contributed by atoms with Gasteiger partial charge in [0.25, 0.3) is 10.0 Å². The molecule has 0 saturated heterocycles. The van der Waals surface area contributed by atoms with Crippen molar-refractivity contribution in [1.29, 1.82) is 0 Å². The standard InChI is InChI=1S/C35H37FN8O3S/c1-22-10-13-25(14-11-22)48(46,47)44-17-16-26-33(27-21-43(6)31-9-7-8-28(36)32(27)31)39-35(40-34(26)44)38-24-12-15-30(29(20-24)37-23(2)45)42(5)19-18-41(3)4/h7-17,20-21H,18-19H2,1-6H3,(H,37,45)(H,38,39,40). The second-order valence-electron chi connectivity index (χ2n) is 12.1. The largest absolute Gasteiger partial charge is 0.372 e. The van der Waals surface area contributed by atoms with Crippen molar-refractivity contribution in [2.24, 2.45) is 7.05 Å². The molecule has 11 nitrogen and oxygen atoms in total. The van der Waals surface area contributed by atoms with Gasteiger partial charge in [-0.25, -0.2) is 21.8 Å². The molecule has 0 bridgehead atoms. The fraction of sp³-hybridized carbons (Fsp3) is 0.229. The fourth-order valence-corrected chi connectivity index (χ4v) is 6.98. The Bertz CT molecular complexity index is 2280. The molecule has 48 heavy (non-hydrogen) atoms. The lowest BCUT2D eigenvalue weighted by Crippen LogP contribution is -2.29. The van der Waals surface area contributed by atoms with Crippen LogP contribution in [0.4, 0.5) is 27.4 Å². The lowest BCUT2D eigenvalue weighted by atomic mass is 10.1. The molecule has 3 aromatic carbocycles. The first kappa shape index (κ1) is 32.7. The highest BCUT2D eigenvalue weighted by Gasteiger charge is 2.25. The first-order chi connectivity index (χ1) is 22.8. The van der Waals surface area contributed by atoms with Crippen LogP contribution in [0.25, 0.3) is 33.2 Å². The Hall–Kier alpha value is -5.27. The second-order valence-corrected chi connectivity index (χ2v) is 13.9. The van der Waals surface area contributed by atoms with E-state index in [1.54, 1.807) is 53.2 Å². The lowest BCUT2D eigenvalue weighted by molar-refractivity contribution is -0.114. The van der Waals surface area contributed by atoms with Gasteiger partial charge in [0.1, 0.15) is 5.82 Å². The number of benzene rings is 3. The molecule has 0 atom stereocenters. The molecule has 2 N–H and O–H groups in total. The molecule has 0 aliphatic rings. The third kappa shape index (κ3) is 6.21. The number of hydrogen-bond acceptors (Lipinski definition) is 8. The Kier molecular flexibility index (Phi) is 8.67. The van der Waals surface area contributed by atoms with Crippen LogP contribution in [0.15, 0.2) is 84.0 Å². The summed E-state index contributed by atoms with van der Waals surface area (Å²) in [6.07, 6.45) is 3.22. The number of aromatic nitrogens is 4. The molecule has 0 unspecified atom stereocenters. The molecular weight excluding hydrogens is 632 g/mol. The number of nitrogens with zero attached hydrogens (tertiary/aromatic N) is 6. The number of amides is 1. The molecule has 6 rings (SSSR count). The van der Waals surface area contributed by atoms with E-state index in [4.69, 9.17) is 4.98 Å². The lowest BCUT2D eigenvalue weighted by Gasteiger charge is -2.24. The maximum absolute atomic E-state index is 15.4. The van der Waals surface area contributed by atoms with Crippen LogP contribution in [0.2, 0.25) is 0 Å². The molecule has 0 aliphatic carbocycles. The number of hydrogen-bond donors (Lipinski definition) is 2. The molecule has 0 saturated carbocycles. The van der Waals surface area contributed by atoms with Crippen molar-refractivity contribution < 1.29 is 17.6 Å². The summed E-state index contributed by atoms with van der Waals surface area (Å²) in [7, 11) is 3.70. The minimum atomic E-state index is -4.06. The van der Waals surface area contributed by atoms with Gasteiger partial charge in [-0.05, 0) is 69.6 Å². The molecule has 248 valence electrons. The number of aryl methyl sites for hydroxylation is 2. The van der Waals surface area contributed by atoms with Gasteiger partial charge in [0, 0.05) is 68.5 Å². The van der Waals surface area contributed by atoms with Crippen LogP contribution in [0, 0.1) is 12.7 Å². The number of anilines is 4. The van der Waals surface area contributed by atoms with Gasteiger partial charge < -0.3 is 25.0 Å². The van der Waals surface area contributed by atoms with Crippen molar-refractivity contribution in [2.75, 3.05) is 49.8 Å². The normalized spacial score (nSPS) is 11.8. The monoisotopic (exact) mass is 668 g/mol. The summed E-state index contributed by atoms with van der Waals surface area (Å²) in [5.41, 5.74) is 4.51. The van der Waals surface area contributed by atoms with Gasteiger partial charge in [-0.1, -0.05) is 23.8 Å². The van der Waals surface area contributed by atoms with E-state index < -0.39 is 15.8 Å². The van der Waals surface area contributed by atoms with Crippen LogP contribution in [-0.2, 0) is 21.9 Å². The maximum Gasteiger partial charge on any atom is 0.269 e. The average molecular weight is 669 g/mol. The number of carbonyl (C=O) groups excluding carboxylic acids is 1. The number of fused-ring (bicyclic) bond motifs is 2. The van der Waals surface area contributed by atoms with Crippen LogP contribution in [0.1, 0.15) is 12.5 Å². The zero-order valence-electron chi connectivity index (χ0n) is 27.6. The SMILES string of the molecule is CC(=O)Nc1cc(Nc2nc(-c3cn(C)c4cccc(F)c34)c3ccn(S(=O)(=O)c4ccc(C)cc4)c3n2)ccc1N(C)CCN(C)C. The Morgan fingerprint density at radius 1 is 0.979 bits per heavy atom. The van der Waals surface area contributed by atoms with Crippen molar-refractivity contribution in [3.8, 4) is 11.3 Å².